The van der Waals surface area contributed by atoms with Crippen LogP contribution in [0.5, 0.6) is 0 Å². The van der Waals surface area contributed by atoms with E-state index in [1.54, 1.807) is 0 Å². The molecule has 0 N–H and O–H groups in total. The first kappa shape index (κ1) is 30.8. The number of fused-ring (bicyclic) bond motifs is 5. The van der Waals surface area contributed by atoms with Crippen molar-refractivity contribution in [3.05, 3.63) is 212 Å². The van der Waals surface area contributed by atoms with Crippen LogP contribution in [0.15, 0.2) is 212 Å². The smallest absolute Gasteiger partial charge is 0.0468 e. The van der Waals surface area contributed by atoms with Crippen LogP contribution in [-0.4, -0.2) is 0 Å². The molecule has 0 amide bonds. The number of nitrogens with zero attached hydrogens (tertiary/aromatic N) is 1. The van der Waals surface area contributed by atoms with Gasteiger partial charge in [0.05, 0.1) is 0 Å². The lowest BCUT2D eigenvalue weighted by molar-refractivity contribution is 1.29. The van der Waals surface area contributed by atoms with Crippen LogP contribution in [0.1, 0.15) is 0 Å². The molecule has 0 fully saturated rings. The van der Waals surface area contributed by atoms with Gasteiger partial charge in [0.25, 0.3) is 0 Å². The highest BCUT2D eigenvalue weighted by atomic mass is 15.1. The molecule has 0 unspecified atom stereocenters. The Bertz CT molecular complexity index is 2630. The molecule has 1 aliphatic carbocycles. The Kier molecular flexibility index (Phi) is 7.55. The molecule has 1 aliphatic rings. The van der Waals surface area contributed by atoms with Crippen LogP contribution < -0.4 is 4.90 Å². The highest BCUT2D eigenvalue weighted by molar-refractivity contribution is 6.25. The van der Waals surface area contributed by atoms with Gasteiger partial charge in [-0.15, -0.1) is 0 Å². The highest BCUT2D eigenvalue weighted by Crippen LogP contribution is 2.59. The van der Waals surface area contributed by atoms with Gasteiger partial charge in [-0.2, -0.15) is 0 Å². The zero-order chi connectivity index (χ0) is 35.1. The van der Waals surface area contributed by atoms with E-state index in [0.717, 1.165) is 17.1 Å². The quantitative estimate of drug-likeness (QED) is 0.163. The van der Waals surface area contributed by atoms with Crippen molar-refractivity contribution in [3.8, 4) is 66.8 Å². The SMILES string of the molecule is c1ccc(-c2ccc(N(c3ccc(-c4ccccc4)cc3)c3ccc4c(-c5ccccc5)c5c(c(-c6ccccc6)c4c3)-c3ccccc3-5)cc2)cc1. The maximum Gasteiger partial charge on any atom is 0.0468 e. The second kappa shape index (κ2) is 13.0. The van der Waals surface area contributed by atoms with E-state index in [1.807, 2.05) is 0 Å². The molecule has 0 aromatic heterocycles. The minimum atomic E-state index is 1.11. The summed E-state index contributed by atoms with van der Waals surface area (Å²) in [5.41, 5.74) is 18.5. The molecule has 1 nitrogen and oxygen atoms in total. The zero-order valence-electron chi connectivity index (χ0n) is 29.2. The molecule has 0 atom stereocenters. The summed E-state index contributed by atoms with van der Waals surface area (Å²) in [4.78, 5) is 2.40. The lowest BCUT2D eigenvalue weighted by Gasteiger charge is -2.33. The van der Waals surface area contributed by atoms with Crippen molar-refractivity contribution >= 4 is 27.8 Å². The van der Waals surface area contributed by atoms with Crippen LogP contribution in [0.25, 0.3) is 77.5 Å². The number of rotatable bonds is 7. The molecule has 0 aliphatic heterocycles. The largest absolute Gasteiger partial charge is 0.310 e. The molecule has 248 valence electrons. The molecule has 0 saturated carbocycles. The monoisotopic (exact) mass is 673 g/mol. The van der Waals surface area contributed by atoms with Crippen molar-refractivity contribution in [3.63, 3.8) is 0 Å². The Morgan fingerprint density at radius 2 is 0.566 bits per heavy atom. The second-order valence-electron chi connectivity index (χ2n) is 13.7. The Morgan fingerprint density at radius 3 is 1.00 bits per heavy atom. The Morgan fingerprint density at radius 1 is 0.226 bits per heavy atom. The molecule has 0 spiro atoms. The number of hydrogen-bond acceptors (Lipinski definition) is 1. The minimum absolute atomic E-state index is 1.11. The average Bonchev–Trinajstić information content (AvgIpc) is 3.24. The predicted octanol–water partition coefficient (Wildman–Crippen LogP) is 14.6. The summed E-state index contributed by atoms with van der Waals surface area (Å²) < 4.78 is 0. The molecule has 1 heteroatoms. The fraction of sp³-hybridized carbons (Fsp3) is 0. The van der Waals surface area contributed by atoms with Gasteiger partial charge in [-0.05, 0) is 114 Å². The number of benzene rings is 9. The number of hydrogen-bond donors (Lipinski definition) is 0. The van der Waals surface area contributed by atoms with E-state index < -0.39 is 0 Å². The standard InChI is InChI=1S/C52H35N/c1-5-15-36(16-6-1)38-25-29-42(30-26-38)53(43-31-27-39(28-32-43)37-17-7-2-8-18-37)44-33-34-47-48(35-44)50(41-21-11-4-12-22-41)52-46-24-14-13-23-45(46)51(52)49(47)40-19-9-3-10-20-40/h1-35H. The van der Waals surface area contributed by atoms with E-state index in [0.29, 0.717) is 0 Å². The van der Waals surface area contributed by atoms with Gasteiger partial charge < -0.3 is 4.90 Å². The maximum absolute atomic E-state index is 2.42. The lowest BCUT2D eigenvalue weighted by Crippen LogP contribution is -2.10. The third-order valence-electron chi connectivity index (χ3n) is 10.6. The zero-order valence-corrected chi connectivity index (χ0v) is 29.2. The van der Waals surface area contributed by atoms with Crippen LogP contribution in [-0.2, 0) is 0 Å². The predicted molar refractivity (Wildman–Crippen MR) is 225 cm³/mol. The van der Waals surface area contributed by atoms with Crippen molar-refractivity contribution < 1.29 is 0 Å². The van der Waals surface area contributed by atoms with Gasteiger partial charge in [0, 0.05) is 17.1 Å². The summed E-state index contributed by atoms with van der Waals surface area (Å²) in [5.74, 6) is 0. The van der Waals surface area contributed by atoms with E-state index in [-0.39, 0.29) is 0 Å². The van der Waals surface area contributed by atoms with E-state index in [2.05, 4.69) is 217 Å². The third kappa shape index (κ3) is 5.34. The first-order valence-corrected chi connectivity index (χ1v) is 18.3. The Balaban J connectivity index is 1.21. The van der Waals surface area contributed by atoms with Crippen molar-refractivity contribution in [1.29, 1.82) is 0 Å². The summed E-state index contributed by atoms with van der Waals surface area (Å²) in [6.07, 6.45) is 0. The molecule has 0 heterocycles. The molecule has 53 heavy (non-hydrogen) atoms. The summed E-state index contributed by atoms with van der Waals surface area (Å²) in [7, 11) is 0. The van der Waals surface area contributed by atoms with Gasteiger partial charge in [0.1, 0.15) is 0 Å². The van der Waals surface area contributed by atoms with E-state index >= 15 is 0 Å². The minimum Gasteiger partial charge on any atom is -0.310 e. The van der Waals surface area contributed by atoms with E-state index in [4.69, 9.17) is 0 Å². The third-order valence-corrected chi connectivity index (χ3v) is 10.6. The topological polar surface area (TPSA) is 3.24 Å². The van der Waals surface area contributed by atoms with Crippen LogP contribution >= 0.6 is 0 Å². The van der Waals surface area contributed by atoms with Gasteiger partial charge in [-0.3, -0.25) is 0 Å². The van der Waals surface area contributed by atoms with Crippen molar-refractivity contribution in [2.45, 2.75) is 0 Å². The van der Waals surface area contributed by atoms with Gasteiger partial charge >= 0.3 is 0 Å². The summed E-state index contributed by atoms with van der Waals surface area (Å²) in [5, 5.41) is 2.50. The Hall–Kier alpha value is -6.96. The van der Waals surface area contributed by atoms with Crippen LogP contribution in [0.3, 0.4) is 0 Å². The van der Waals surface area contributed by atoms with Crippen molar-refractivity contribution in [2.24, 2.45) is 0 Å². The molecule has 0 radical (unpaired) electrons. The van der Waals surface area contributed by atoms with E-state index in [1.165, 1.54) is 77.5 Å². The average molecular weight is 674 g/mol. The van der Waals surface area contributed by atoms with Gasteiger partial charge in [-0.1, -0.05) is 176 Å². The maximum atomic E-state index is 2.42. The van der Waals surface area contributed by atoms with Gasteiger partial charge in [0.2, 0.25) is 0 Å². The first-order valence-electron chi connectivity index (χ1n) is 18.3. The molecule has 10 rings (SSSR count). The molecule has 9 aromatic carbocycles. The first-order chi connectivity index (χ1) is 26.3. The lowest BCUT2D eigenvalue weighted by atomic mass is 9.70. The highest BCUT2D eigenvalue weighted by Gasteiger charge is 2.32. The summed E-state index contributed by atoms with van der Waals surface area (Å²) in [6.45, 7) is 0. The second-order valence-corrected chi connectivity index (χ2v) is 13.7. The molecular weight excluding hydrogens is 639 g/mol. The molecule has 0 saturated heterocycles. The molecule has 0 bridgehead atoms. The normalized spacial score (nSPS) is 11.4. The molecule has 9 aromatic rings. The van der Waals surface area contributed by atoms with Crippen molar-refractivity contribution in [2.75, 3.05) is 4.90 Å². The van der Waals surface area contributed by atoms with Crippen LogP contribution in [0.2, 0.25) is 0 Å². The fourth-order valence-corrected chi connectivity index (χ4v) is 8.13. The Labute approximate surface area is 310 Å². The molecular formula is C52H35N. The van der Waals surface area contributed by atoms with Crippen LogP contribution in [0.4, 0.5) is 17.1 Å². The van der Waals surface area contributed by atoms with Gasteiger partial charge in [0.15, 0.2) is 0 Å². The van der Waals surface area contributed by atoms with Gasteiger partial charge in [-0.25, -0.2) is 0 Å². The fourth-order valence-electron chi connectivity index (χ4n) is 8.13. The van der Waals surface area contributed by atoms with E-state index in [9.17, 15) is 0 Å². The summed E-state index contributed by atoms with van der Waals surface area (Å²) in [6, 6.07) is 76.9. The van der Waals surface area contributed by atoms with Crippen LogP contribution in [0, 0.1) is 0 Å². The summed E-state index contributed by atoms with van der Waals surface area (Å²) >= 11 is 0. The van der Waals surface area contributed by atoms with Crippen molar-refractivity contribution in [1.82, 2.24) is 0 Å². The number of anilines is 3.